The van der Waals surface area contributed by atoms with Gasteiger partial charge in [0.1, 0.15) is 5.75 Å². The SMILES string of the molecule is COc1ccc(Cl)cc1NC(=O)CSc1nc2c(c(=O)n1CCc1ccccc1)S[C@@H](C)C2. The lowest BCUT2D eigenvalue weighted by Gasteiger charge is -2.14. The molecule has 0 unspecified atom stereocenters. The molecule has 3 aromatic rings. The number of anilines is 1. The first-order valence-corrected chi connectivity index (χ1v) is 12.8. The third-order valence-corrected chi connectivity index (χ3v) is 7.62. The third-order valence-electron chi connectivity index (χ3n) is 5.20. The molecule has 1 aliphatic rings. The molecule has 0 saturated heterocycles. The Balaban J connectivity index is 1.53. The molecule has 9 heteroatoms. The monoisotopic (exact) mass is 501 g/mol. The number of ether oxygens (including phenoxy) is 1. The summed E-state index contributed by atoms with van der Waals surface area (Å²) in [6, 6.07) is 15.1. The summed E-state index contributed by atoms with van der Waals surface area (Å²) in [7, 11) is 1.53. The van der Waals surface area contributed by atoms with Gasteiger partial charge in [-0.2, -0.15) is 0 Å². The molecule has 0 spiro atoms. The quantitative estimate of drug-likeness (QED) is 0.349. The van der Waals surface area contributed by atoms with E-state index in [9.17, 15) is 9.59 Å². The van der Waals surface area contributed by atoms with Gasteiger partial charge in [0, 0.05) is 23.2 Å². The molecule has 172 valence electrons. The number of benzene rings is 2. The average Bonchev–Trinajstić information content (AvgIpc) is 3.18. The van der Waals surface area contributed by atoms with Gasteiger partial charge in [0.2, 0.25) is 5.91 Å². The Kier molecular flexibility index (Phi) is 7.67. The highest BCUT2D eigenvalue weighted by molar-refractivity contribution is 8.00. The molecule has 33 heavy (non-hydrogen) atoms. The number of aromatic nitrogens is 2. The van der Waals surface area contributed by atoms with Crippen LogP contribution in [0, 0.1) is 0 Å². The number of hydrogen-bond acceptors (Lipinski definition) is 6. The summed E-state index contributed by atoms with van der Waals surface area (Å²) in [5.74, 6) is 0.404. The van der Waals surface area contributed by atoms with E-state index in [2.05, 4.69) is 12.2 Å². The molecule has 2 aromatic carbocycles. The minimum Gasteiger partial charge on any atom is -0.495 e. The molecular weight excluding hydrogens is 478 g/mol. The summed E-state index contributed by atoms with van der Waals surface area (Å²) in [5.41, 5.74) is 2.45. The smallest absolute Gasteiger partial charge is 0.268 e. The molecule has 4 rings (SSSR count). The van der Waals surface area contributed by atoms with Gasteiger partial charge in [-0.05, 0) is 30.2 Å². The van der Waals surface area contributed by atoms with Crippen molar-refractivity contribution in [2.24, 2.45) is 0 Å². The van der Waals surface area contributed by atoms with Crippen LogP contribution >= 0.6 is 35.1 Å². The van der Waals surface area contributed by atoms with Crippen molar-refractivity contribution in [1.29, 1.82) is 0 Å². The standard InChI is InChI=1S/C24H24ClN3O3S2/c1-15-12-19-22(33-15)23(30)28(11-10-16-6-4-3-5-7-16)24(27-19)32-14-21(29)26-18-13-17(25)8-9-20(18)31-2/h3-9,13,15H,10-12,14H2,1-2H3,(H,26,29)/t15-/m0/s1. The first kappa shape index (κ1) is 23.7. The number of nitrogens with one attached hydrogen (secondary N) is 1. The van der Waals surface area contributed by atoms with E-state index in [0.29, 0.717) is 39.8 Å². The van der Waals surface area contributed by atoms with Gasteiger partial charge in [-0.3, -0.25) is 14.2 Å². The molecule has 1 N–H and O–H groups in total. The van der Waals surface area contributed by atoms with Crippen molar-refractivity contribution in [1.82, 2.24) is 9.55 Å². The molecule has 6 nitrogen and oxygen atoms in total. The minimum absolute atomic E-state index is 0.0234. The normalized spacial score (nSPS) is 14.7. The highest BCUT2D eigenvalue weighted by Gasteiger charge is 2.26. The second-order valence-corrected chi connectivity index (χ2v) is 10.5. The van der Waals surface area contributed by atoms with Gasteiger partial charge in [-0.15, -0.1) is 11.8 Å². The lowest BCUT2D eigenvalue weighted by molar-refractivity contribution is -0.113. The summed E-state index contributed by atoms with van der Waals surface area (Å²) in [6.07, 6.45) is 1.47. The van der Waals surface area contributed by atoms with Gasteiger partial charge in [0.25, 0.3) is 5.56 Å². The van der Waals surface area contributed by atoms with Crippen molar-refractivity contribution >= 4 is 46.7 Å². The first-order valence-electron chi connectivity index (χ1n) is 10.5. The predicted octanol–water partition coefficient (Wildman–Crippen LogP) is 4.92. The van der Waals surface area contributed by atoms with Gasteiger partial charge in [-0.25, -0.2) is 4.98 Å². The molecular formula is C24H24ClN3O3S2. The molecule has 0 radical (unpaired) electrons. The van der Waals surface area contributed by atoms with Crippen LogP contribution in [0.3, 0.4) is 0 Å². The Labute approximate surface area is 206 Å². The third kappa shape index (κ3) is 5.75. The zero-order valence-electron chi connectivity index (χ0n) is 18.3. The number of aryl methyl sites for hydroxylation is 1. The maximum atomic E-state index is 13.3. The maximum absolute atomic E-state index is 13.3. The minimum atomic E-state index is -0.229. The predicted molar refractivity (Wildman–Crippen MR) is 135 cm³/mol. The van der Waals surface area contributed by atoms with Crippen LogP contribution in [0.5, 0.6) is 5.75 Å². The summed E-state index contributed by atoms with van der Waals surface area (Å²) < 4.78 is 7.00. The fraction of sp³-hybridized carbons (Fsp3) is 0.292. The van der Waals surface area contributed by atoms with Gasteiger partial charge in [-0.1, -0.05) is 60.6 Å². The van der Waals surface area contributed by atoms with Crippen LogP contribution in [0.2, 0.25) is 5.02 Å². The van der Waals surface area contributed by atoms with Gasteiger partial charge in [0.15, 0.2) is 5.16 Å². The van der Waals surface area contributed by atoms with Crippen LogP contribution in [-0.4, -0.2) is 33.6 Å². The number of thioether (sulfide) groups is 2. The van der Waals surface area contributed by atoms with E-state index < -0.39 is 0 Å². The number of hydrogen-bond donors (Lipinski definition) is 1. The second-order valence-electron chi connectivity index (χ2n) is 7.68. The van der Waals surface area contributed by atoms with E-state index in [1.807, 2.05) is 30.3 Å². The van der Waals surface area contributed by atoms with Crippen LogP contribution in [-0.2, 0) is 24.2 Å². The highest BCUT2D eigenvalue weighted by Crippen LogP contribution is 2.34. The molecule has 0 bridgehead atoms. The van der Waals surface area contributed by atoms with Crippen LogP contribution in [0.1, 0.15) is 18.2 Å². The molecule has 1 amide bonds. The van der Waals surface area contributed by atoms with Crippen molar-refractivity contribution < 1.29 is 9.53 Å². The van der Waals surface area contributed by atoms with E-state index in [-0.39, 0.29) is 17.2 Å². The van der Waals surface area contributed by atoms with Crippen molar-refractivity contribution in [3.05, 3.63) is 75.2 Å². The molecule has 1 aliphatic heterocycles. The maximum Gasteiger partial charge on any atom is 0.268 e. The number of methoxy groups -OCH3 is 1. The van der Waals surface area contributed by atoms with E-state index in [1.165, 1.54) is 18.9 Å². The molecule has 1 aromatic heterocycles. The van der Waals surface area contributed by atoms with E-state index >= 15 is 0 Å². The average molecular weight is 502 g/mol. The molecule has 2 heterocycles. The molecule has 0 fully saturated rings. The van der Waals surface area contributed by atoms with Crippen LogP contribution < -0.4 is 15.6 Å². The number of halogens is 1. The zero-order chi connectivity index (χ0) is 23.4. The van der Waals surface area contributed by atoms with E-state index in [1.54, 1.807) is 34.5 Å². The summed E-state index contributed by atoms with van der Waals surface area (Å²) >= 11 is 8.91. The number of fused-ring (bicyclic) bond motifs is 1. The van der Waals surface area contributed by atoms with Crippen molar-refractivity contribution in [3.8, 4) is 5.75 Å². The summed E-state index contributed by atoms with van der Waals surface area (Å²) in [5, 5.41) is 4.22. The van der Waals surface area contributed by atoms with E-state index in [0.717, 1.165) is 22.6 Å². The van der Waals surface area contributed by atoms with Crippen LogP contribution in [0.25, 0.3) is 0 Å². The fourth-order valence-electron chi connectivity index (χ4n) is 3.62. The van der Waals surface area contributed by atoms with Crippen molar-refractivity contribution in [3.63, 3.8) is 0 Å². The Morgan fingerprint density at radius 1 is 1.30 bits per heavy atom. The lowest BCUT2D eigenvalue weighted by atomic mass is 10.1. The largest absolute Gasteiger partial charge is 0.495 e. The van der Waals surface area contributed by atoms with Crippen molar-refractivity contribution in [2.75, 3.05) is 18.2 Å². The number of carbonyl (C=O) groups is 1. The lowest BCUT2D eigenvalue weighted by Crippen LogP contribution is -2.27. The van der Waals surface area contributed by atoms with Gasteiger partial charge in [0.05, 0.1) is 29.1 Å². The first-order chi connectivity index (χ1) is 15.9. The van der Waals surface area contributed by atoms with Gasteiger partial charge >= 0.3 is 0 Å². The number of rotatable bonds is 8. The van der Waals surface area contributed by atoms with Crippen molar-refractivity contribution in [2.45, 2.75) is 41.6 Å². The Hall–Kier alpha value is -2.42. The summed E-state index contributed by atoms with van der Waals surface area (Å²) in [4.78, 5) is 31.5. The molecule has 0 saturated carbocycles. The van der Waals surface area contributed by atoms with Crippen LogP contribution in [0.15, 0.2) is 63.4 Å². The molecule has 1 atom stereocenters. The number of nitrogens with zero attached hydrogens (tertiary/aromatic N) is 2. The summed E-state index contributed by atoms with van der Waals surface area (Å²) in [6.45, 7) is 2.60. The Bertz CT molecular complexity index is 1220. The number of carbonyl (C=O) groups excluding carboxylic acids is 1. The van der Waals surface area contributed by atoms with Crippen LogP contribution in [0.4, 0.5) is 5.69 Å². The Morgan fingerprint density at radius 2 is 2.09 bits per heavy atom. The highest BCUT2D eigenvalue weighted by atomic mass is 35.5. The Morgan fingerprint density at radius 3 is 2.85 bits per heavy atom. The van der Waals surface area contributed by atoms with E-state index in [4.69, 9.17) is 21.3 Å². The topological polar surface area (TPSA) is 73.2 Å². The fourth-order valence-corrected chi connectivity index (χ4v) is 5.75. The molecule has 0 aliphatic carbocycles. The second kappa shape index (κ2) is 10.7. The number of amides is 1. The zero-order valence-corrected chi connectivity index (χ0v) is 20.7. The van der Waals surface area contributed by atoms with Gasteiger partial charge < -0.3 is 10.1 Å².